The number of nitrogens with zero attached hydrogens (tertiary/aromatic N) is 1. The molecule has 1 aromatic carbocycles. The normalized spacial score (nSPS) is 18.2. The molecule has 0 bridgehead atoms. The number of amides is 1. The first-order valence-corrected chi connectivity index (χ1v) is 9.05. The van der Waals surface area contributed by atoms with Crippen molar-refractivity contribution < 1.29 is 9.53 Å². The molecule has 4 nitrogen and oxygen atoms in total. The van der Waals surface area contributed by atoms with Gasteiger partial charge in [0.25, 0.3) is 5.91 Å². The topological polar surface area (TPSA) is 41.6 Å². The fourth-order valence-electron chi connectivity index (χ4n) is 2.97. The lowest BCUT2D eigenvalue weighted by atomic mass is 9.87. The van der Waals surface area contributed by atoms with E-state index in [9.17, 15) is 4.79 Å². The number of ether oxygens (including phenoxy) is 1. The Morgan fingerprint density at radius 3 is 2.33 bits per heavy atom. The second-order valence-corrected chi connectivity index (χ2v) is 7.88. The highest BCUT2D eigenvalue weighted by atomic mass is 16.5. The standard InChI is InChI=1S/C20H32N2O2/c1-6-18(19(23)21-16-11-13-22(5)14-12-16)24-17-9-7-15(8-10-17)20(2,3)4/h7-10,16,18H,6,11-14H2,1-5H3,(H,21,23). The van der Waals surface area contributed by atoms with Crippen LogP contribution in [0.2, 0.25) is 0 Å². The second kappa shape index (κ2) is 8.02. The van der Waals surface area contributed by atoms with Crippen molar-refractivity contribution in [2.75, 3.05) is 20.1 Å². The largest absolute Gasteiger partial charge is 0.481 e. The van der Waals surface area contributed by atoms with Gasteiger partial charge in [-0.1, -0.05) is 39.8 Å². The van der Waals surface area contributed by atoms with Crippen molar-refractivity contribution in [1.82, 2.24) is 10.2 Å². The Morgan fingerprint density at radius 2 is 1.83 bits per heavy atom. The van der Waals surface area contributed by atoms with E-state index in [1.165, 1.54) is 5.56 Å². The maximum Gasteiger partial charge on any atom is 0.261 e. The molecule has 1 heterocycles. The van der Waals surface area contributed by atoms with Gasteiger partial charge in [0.15, 0.2) is 6.10 Å². The van der Waals surface area contributed by atoms with Crippen molar-refractivity contribution >= 4 is 5.91 Å². The van der Waals surface area contributed by atoms with Crippen LogP contribution < -0.4 is 10.1 Å². The predicted octanol–water partition coefficient (Wildman–Crippen LogP) is 3.35. The minimum Gasteiger partial charge on any atom is -0.481 e. The molecule has 1 aromatic rings. The molecule has 0 aliphatic carbocycles. The van der Waals surface area contributed by atoms with Gasteiger partial charge < -0.3 is 15.0 Å². The molecule has 24 heavy (non-hydrogen) atoms. The van der Waals surface area contributed by atoms with E-state index in [0.29, 0.717) is 6.42 Å². The predicted molar refractivity (Wildman–Crippen MR) is 98.5 cm³/mol. The molecule has 1 N–H and O–H groups in total. The summed E-state index contributed by atoms with van der Waals surface area (Å²) in [4.78, 5) is 14.8. The lowest BCUT2D eigenvalue weighted by molar-refractivity contribution is -0.129. The van der Waals surface area contributed by atoms with Crippen LogP contribution in [0.5, 0.6) is 5.75 Å². The van der Waals surface area contributed by atoms with Gasteiger partial charge in [-0.25, -0.2) is 0 Å². The van der Waals surface area contributed by atoms with E-state index in [1.807, 2.05) is 19.1 Å². The SMILES string of the molecule is CCC(Oc1ccc(C(C)(C)C)cc1)C(=O)NC1CCN(C)CC1. The van der Waals surface area contributed by atoms with Crippen molar-refractivity contribution in [2.24, 2.45) is 0 Å². The molecule has 0 aromatic heterocycles. The van der Waals surface area contributed by atoms with Crippen LogP contribution in [0.4, 0.5) is 0 Å². The van der Waals surface area contributed by atoms with E-state index < -0.39 is 6.10 Å². The average molecular weight is 332 g/mol. The van der Waals surface area contributed by atoms with Crippen LogP contribution in [0.1, 0.15) is 52.5 Å². The lowest BCUT2D eigenvalue weighted by Gasteiger charge is -2.30. The molecular weight excluding hydrogens is 300 g/mol. The smallest absolute Gasteiger partial charge is 0.261 e. The van der Waals surface area contributed by atoms with Gasteiger partial charge in [-0.2, -0.15) is 0 Å². The van der Waals surface area contributed by atoms with E-state index in [0.717, 1.165) is 31.7 Å². The second-order valence-electron chi connectivity index (χ2n) is 7.88. The third-order valence-electron chi connectivity index (χ3n) is 4.73. The minimum atomic E-state index is -0.426. The van der Waals surface area contributed by atoms with Crippen LogP contribution in [0.25, 0.3) is 0 Å². The third kappa shape index (κ3) is 5.23. The minimum absolute atomic E-state index is 0.00644. The van der Waals surface area contributed by atoms with E-state index in [-0.39, 0.29) is 17.4 Å². The van der Waals surface area contributed by atoms with E-state index >= 15 is 0 Å². The van der Waals surface area contributed by atoms with Crippen molar-refractivity contribution in [3.05, 3.63) is 29.8 Å². The molecule has 1 aliphatic rings. The highest BCUT2D eigenvalue weighted by Crippen LogP contribution is 2.25. The average Bonchev–Trinajstić information content (AvgIpc) is 2.54. The molecule has 1 atom stereocenters. The molecule has 0 spiro atoms. The number of benzene rings is 1. The van der Waals surface area contributed by atoms with Gasteiger partial charge in [0.1, 0.15) is 5.75 Å². The Morgan fingerprint density at radius 1 is 1.25 bits per heavy atom. The summed E-state index contributed by atoms with van der Waals surface area (Å²) in [6.45, 7) is 10.6. The van der Waals surface area contributed by atoms with Gasteiger partial charge in [-0.3, -0.25) is 4.79 Å². The number of likely N-dealkylation sites (tertiary alicyclic amines) is 1. The highest BCUT2D eigenvalue weighted by Gasteiger charge is 2.24. The van der Waals surface area contributed by atoms with Gasteiger partial charge >= 0.3 is 0 Å². The Bertz CT molecular complexity index is 526. The summed E-state index contributed by atoms with van der Waals surface area (Å²) in [6, 6.07) is 8.36. The summed E-state index contributed by atoms with van der Waals surface area (Å²) < 4.78 is 5.93. The Balaban J connectivity index is 1.92. The van der Waals surface area contributed by atoms with Crippen molar-refractivity contribution in [3.8, 4) is 5.75 Å². The number of carbonyl (C=O) groups is 1. The van der Waals surface area contributed by atoms with Crippen molar-refractivity contribution in [1.29, 1.82) is 0 Å². The van der Waals surface area contributed by atoms with Crippen LogP contribution in [0, 0.1) is 0 Å². The molecule has 0 saturated carbocycles. The highest BCUT2D eigenvalue weighted by molar-refractivity contribution is 5.81. The monoisotopic (exact) mass is 332 g/mol. The Labute approximate surface area is 146 Å². The van der Waals surface area contributed by atoms with Crippen molar-refractivity contribution in [2.45, 2.75) is 64.5 Å². The first-order valence-electron chi connectivity index (χ1n) is 9.05. The van der Waals surface area contributed by atoms with Crippen LogP contribution >= 0.6 is 0 Å². The molecular formula is C20H32N2O2. The summed E-state index contributed by atoms with van der Waals surface area (Å²) in [7, 11) is 2.12. The maximum atomic E-state index is 12.5. The van der Waals surface area contributed by atoms with Gasteiger partial charge in [0.2, 0.25) is 0 Å². The molecule has 0 radical (unpaired) electrons. The number of carbonyl (C=O) groups excluding carboxylic acids is 1. The summed E-state index contributed by atoms with van der Waals surface area (Å²) in [5.74, 6) is 0.764. The van der Waals surface area contributed by atoms with Gasteiger partial charge in [-0.05, 0) is 62.5 Å². The molecule has 1 aliphatic heterocycles. The maximum absolute atomic E-state index is 12.5. The van der Waals surface area contributed by atoms with Crippen LogP contribution in [-0.4, -0.2) is 43.1 Å². The van der Waals surface area contributed by atoms with E-state index in [1.54, 1.807) is 0 Å². The lowest BCUT2D eigenvalue weighted by Crippen LogP contribution is -2.47. The number of hydrogen-bond donors (Lipinski definition) is 1. The van der Waals surface area contributed by atoms with E-state index in [4.69, 9.17) is 4.74 Å². The Kier molecular flexibility index (Phi) is 6.27. The van der Waals surface area contributed by atoms with Crippen LogP contribution in [0.3, 0.4) is 0 Å². The number of rotatable bonds is 5. The zero-order valence-corrected chi connectivity index (χ0v) is 15.8. The number of hydrogen-bond acceptors (Lipinski definition) is 3. The zero-order valence-electron chi connectivity index (χ0n) is 15.8. The Hall–Kier alpha value is -1.55. The summed E-state index contributed by atoms with van der Waals surface area (Å²) in [6.07, 6.45) is 2.27. The van der Waals surface area contributed by atoms with Crippen LogP contribution in [0.15, 0.2) is 24.3 Å². The summed E-state index contributed by atoms with van der Waals surface area (Å²) in [5, 5.41) is 3.16. The van der Waals surface area contributed by atoms with Gasteiger partial charge in [-0.15, -0.1) is 0 Å². The molecule has 134 valence electrons. The molecule has 2 rings (SSSR count). The fourth-order valence-corrected chi connectivity index (χ4v) is 2.97. The van der Waals surface area contributed by atoms with Crippen molar-refractivity contribution in [3.63, 3.8) is 0 Å². The number of nitrogens with one attached hydrogen (secondary N) is 1. The summed E-state index contributed by atoms with van der Waals surface area (Å²) >= 11 is 0. The summed E-state index contributed by atoms with van der Waals surface area (Å²) in [5.41, 5.74) is 1.38. The van der Waals surface area contributed by atoms with Gasteiger partial charge in [0, 0.05) is 6.04 Å². The quantitative estimate of drug-likeness (QED) is 0.899. The fraction of sp³-hybridized carbons (Fsp3) is 0.650. The molecule has 1 amide bonds. The first-order chi connectivity index (χ1) is 11.3. The molecule has 4 heteroatoms. The van der Waals surface area contributed by atoms with E-state index in [2.05, 4.69) is 50.2 Å². The zero-order chi connectivity index (χ0) is 17.7. The molecule has 1 fully saturated rings. The first kappa shape index (κ1) is 18.8. The third-order valence-corrected chi connectivity index (χ3v) is 4.73. The molecule has 1 unspecified atom stereocenters. The van der Waals surface area contributed by atoms with Gasteiger partial charge in [0.05, 0.1) is 0 Å². The molecule has 1 saturated heterocycles. The van der Waals surface area contributed by atoms with Crippen LogP contribution in [-0.2, 0) is 10.2 Å². The number of piperidine rings is 1.